The van der Waals surface area contributed by atoms with Crippen molar-refractivity contribution in [3.05, 3.63) is 23.3 Å². The van der Waals surface area contributed by atoms with E-state index in [-0.39, 0.29) is 11.8 Å². The fourth-order valence-electron chi connectivity index (χ4n) is 4.00. The van der Waals surface area contributed by atoms with Gasteiger partial charge in [-0.05, 0) is 37.2 Å². The summed E-state index contributed by atoms with van der Waals surface area (Å²) in [5, 5.41) is 5.45. The smallest absolute Gasteiger partial charge is 0.354 e. The molecule has 2 saturated carbocycles. The molecule has 2 heterocycles. The van der Waals surface area contributed by atoms with E-state index in [1.54, 1.807) is 12.3 Å². The number of H-pyrrole nitrogens is 1. The average Bonchev–Trinajstić information content (AvgIpc) is 3.35. The van der Waals surface area contributed by atoms with Gasteiger partial charge in [-0.3, -0.25) is 4.79 Å². The van der Waals surface area contributed by atoms with E-state index in [0.717, 1.165) is 23.6 Å². The number of anilines is 1. The van der Waals surface area contributed by atoms with E-state index in [1.807, 2.05) is 5.38 Å². The molecule has 0 unspecified atom stereocenters. The lowest BCUT2D eigenvalue weighted by Crippen LogP contribution is -2.27. The van der Waals surface area contributed by atoms with Crippen LogP contribution in [-0.4, -0.2) is 29.0 Å². The molecule has 24 heavy (non-hydrogen) atoms. The second kappa shape index (κ2) is 6.05. The number of thiazole rings is 1. The van der Waals surface area contributed by atoms with E-state index in [4.69, 9.17) is 0 Å². The number of esters is 1. The van der Waals surface area contributed by atoms with Gasteiger partial charge in [-0.1, -0.05) is 6.42 Å². The van der Waals surface area contributed by atoms with Crippen LogP contribution in [0, 0.1) is 17.8 Å². The zero-order valence-electron chi connectivity index (χ0n) is 13.4. The molecular formula is C17H19N3O3S. The van der Waals surface area contributed by atoms with Gasteiger partial charge in [0.05, 0.1) is 12.8 Å². The SMILES string of the molecule is COC(=O)c1cc(-c2csc(NC(=O)[C@H]3C[C@H]4CC[C@H]3C4)n2)c[nH]1. The number of ether oxygens (including phenoxy) is 1. The molecule has 126 valence electrons. The minimum atomic E-state index is -0.415. The molecule has 2 aliphatic rings. The van der Waals surface area contributed by atoms with E-state index in [9.17, 15) is 9.59 Å². The summed E-state index contributed by atoms with van der Waals surface area (Å²) >= 11 is 1.40. The van der Waals surface area contributed by atoms with Gasteiger partial charge in [0.1, 0.15) is 5.69 Å². The van der Waals surface area contributed by atoms with Gasteiger partial charge >= 0.3 is 5.97 Å². The average molecular weight is 345 g/mol. The van der Waals surface area contributed by atoms with Crippen molar-refractivity contribution in [3.63, 3.8) is 0 Å². The Labute approximate surface area is 143 Å². The minimum absolute atomic E-state index is 0.104. The Bertz CT molecular complexity index is 782. The summed E-state index contributed by atoms with van der Waals surface area (Å²) in [7, 11) is 1.34. The number of fused-ring (bicyclic) bond motifs is 2. The Kier molecular flexibility index (Phi) is 3.88. The fourth-order valence-corrected chi connectivity index (χ4v) is 4.72. The number of nitrogens with zero attached hydrogens (tertiary/aromatic N) is 1. The van der Waals surface area contributed by atoms with Crippen LogP contribution in [0.4, 0.5) is 5.13 Å². The van der Waals surface area contributed by atoms with Crippen LogP contribution in [-0.2, 0) is 9.53 Å². The van der Waals surface area contributed by atoms with Crippen molar-refractivity contribution in [2.45, 2.75) is 25.7 Å². The minimum Gasteiger partial charge on any atom is -0.464 e. The van der Waals surface area contributed by atoms with Crippen LogP contribution < -0.4 is 5.32 Å². The van der Waals surface area contributed by atoms with E-state index in [2.05, 4.69) is 20.0 Å². The molecule has 1 amide bonds. The molecule has 7 heteroatoms. The van der Waals surface area contributed by atoms with Crippen LogP contribution in [0.25, 0.3) is 11.3 Å². The molecule has 2 fully saturated rings. The van der Waals surface area contributed by atoms with Gasteiger partial charge in [-0.15, -0.1) is 11.3 Å². The van der Waals surface area contributed by atoms with Crippen molar-refractivity contribution >= 4 is 28.3 Å². The van der Waals surface area contributed by atoms with Gasteiger partial charge in [0.25, 0.3) is 0 Å². The molecule has 6 nitrogen and oxygen atoms in total. The number of aromatic nitrogens is 2. The second-order valence-electron chi connectivity index (χ2n) is 6.60. The van der Waals surface area contributed by atoms with Crippen molar-refractivity contribution < 1.29 is 14.3 Å². The maximum absolute atomic E-state index is 12.5. The molecule has 2 aromatic heterocycles. The van der Waals surface area contributed by atoms with E-state index in [1.165, 1.54) is 37.7 Å². The first-order valence-electron chi connectivity index (χ1n) is 8.17. The number of aromatic amines is 1. The Morgan fingerprint density at radius 2 is 2.25 bits per heavy atom. The zero-order chi connectivity index (χ0) is 16.7. The van der Waals surface area contributed by atoms with Crippen LogP contribution >= 0.6 is 11.3 Å². The van der Waals surface area contributed by atoms with Crippen LogP contribution in [0.1, 0.15) is 36.2 Å². The summed E-state index contributed by atoms with van der Waals surface area (Å²) in [6.07, 6.45) is 6.41. The van der Waals surface area contributed by atoms with Gasteiger partial charge < -0.3 is 15.0 Å². The van der Waals surface area contributed by atoms with Crippen molar-refractivity contribution in [1.82, 2.24) is 9.97 Å². The molecule has 2 N–H and O–H groups in total. The molecule has 0 spiro atoms. The van der Waals surface area contributed by atoms with Gasteiger partial charge in [-0.25, -0.2) is 9.78 Å². The van der Waals surface area contributed by atoms with Crippen molar-refractivity contribution in [2.24, 2.45) is 17.8 Å². The number of nitrogens with one attached hydrogen (secondary N) is 2. The number of hydrogen-bond acceptors (Lipinski definition) is 5. The number of methoxy groups -OCH3 is 1. The number of carbonyl (C=O) groups excluding carboxylic acids is 2. The maximum Gasteiger partial charge on any atom is 0.354 e. The molecule has 0 aliphatic heterocycles. The first kappa shape index (κ1) is 15.4. The highest BCUT2D eigenvalue weighted by molar-refractivity contribution is 7.14. The topological polar surface area (TPSA) is 84.1 Å². The van der Waals surface area contributed by atoms with Crippen molar-refractivity contribution in [3.8, 4) is 11.3 Å². The Balaban J connectivity index is 1.44. The molecule has 2 aromatic rings. The van der Waals surface area contributed by atoms with Crippen LogP contribution in [0.2, 0.25) is 0 Å². The van der Waals surface area contributed by atoms with Crippen LogP contribution in [0.5, 0.6) is 0 Å². The summed E-state index contributed by atoms with van der Waals surface area (Å²) in [6.45, 7) is 0. The maximum atomic E-state index is 12.5. The van der Waals surface area contributed by atoms with Gasteiger partial charge in [0.2, 0.25) is 5.91 Å². The predicted octanol–water partition coefficient (Wildman–Crippen LogP) is 3.30. The molecule has 0 saturated heterocycles. The third-order valence-corrected chi connectivity index (χ3v) is 5.95. The van der Waals surface area contributed by atoms with Gasteiger partial charge in [0.15, 0.2) is 5.13 Å². The third-order valence-electron chi connectivity index (χ3n) is 5.19. The molecule has 0 radical (unpaired) electrons. The Morgan fingerprint density at radius 1 is 1.38 bits per heavy atom. The first-order valence-corrected chi connectivity index (χ1v) is 9.05. The highest BCUT2D eigenvalue weighted by atomic mass is 32.1. The number of hydrogen-bond donors (Lipinski definition) is 2. The number of rotatable bonds is 4. The standard InChI is InChI=1S/C17H19N3O3S/c1-23-16(22)13-6-11(7-18-13)14-8-24-17(19-14)20-15(21)12-5-9-2-3-10(12)4-9/h6-10,12,18H,2-5H2,1H3,(H,19,20,21)/t9-,10-,12-/m0/s1. The van der Waals surface area contributed by atoms with Gasteiger partial charge in [0, 0.05) is 23.1 Å². The molecule has 2 bridgehead atoms. The van der Waals surface area contributed by atoms with Crippen molar-refractivity contribution in [2.75, 3.05) is 12.4 Å². The Hall–Kier alpha value is -2.15. The normalized spacial score (nSPS) is 25.0. The van der Waals surface area contributed by atoms with E-state index in [0.29, 0.717) is 16.7 Å². The van der Waals surface area contributed by atoms with Crippen LogP contribution in [0.3, 0.4) is 0 Å². The largest absolute Gasteiger partial charge is 0.464 e. The summed E-state index contributed by atoms with van der Waals surface area (Å²) < 4.78 is 4.68. The highest BCUT2D eigenvalue weighted by Crippen LogP contribution is 2.48. The van der Waals surface area contributed by atoms with Crippen LogP contribution in [0.15, 0.2) is 17.6 Å². The van der Waals surface area contributed by atoms with Gasteiger partial charge in [-0.2, -0.15) is 0 Å². The zero-order valence-corrected chi connectivity index (χ0v) is 14.2. The number of carbonyl (C=O) groups is 2. The van der Waals surface area contributed by atoms with Crippen molar-refractivity contribution in [1.29, 1.82) is 0 Å². The summed E-state index contributed by atoms with van der Waals surface area (Å²) in [4.78, 5) is 31.3. The number of amides is 1. The lowest BCUT2D eigenvalue weighted by atomic mass is 9.88. The predicted molar refractivity (Wildman–Crippen MR) is 90.8 cm³/mol. The highest BCUT2D eigenvalue weighted by Gasteiger charge is 2.43. The summed E-state index contributed by atoms with van der Waals surface area (Å²) in [6, 6.07) is 1.70. The monoisotopic (exact) mass is 345 g/mol. The fraction of sp³-hybridized carbons (Fsp3) is 0.471. The lowest BCUT2D eigenvalue weighted by molar-refractivity contribution is -0.121. The Morgan fingerprint density at radius 3 is 2.96 bits per heavy atom. The first-order chi connectivity index (χ1) is 11.6. The second-order valence-corrected chi connectivity index (χ2v) is 7.46. The molecule has 4 rings (SSSR count). The van der Waals surface area contributed by atoms with E-state index < -0.39 is 5.97 Å². The molecule has 2 aliphatic carbocycles. The third kappa shape index (κ3) is 2.73. The molecule has 0 aromatic carbocycles. The summed E-state index contributed by atoms with van der Waals surface area (Å²) in [5.41, 5.74) is 1.91. The quantitative estimate of drug-likeness (QED) is 0.833. The van der Waals surface area contributed by atoms with E-state index >= 15 is 0 Å². The lowest BCUT2D eigenvalue weighted by Gasteiger charge is -2.19. The molecule has 3 atom stereocenters. The molecular weight excluding hydrogens is 326 g/mol. The summed E-state index contributed by atoms with van der Waals surface area (Å²) in [5.74, 6) is 1.14.